The Labute approximate surface area is 195 Å². The van der Waals surface area contributed by atoms with Gasteiger partial charge in [-0.05, 0) is 56.0 Å². The largest absolute Gasteiger partial charge is 0.369 e. The lowest BCUT2D eigenvalue weighted by Gasteiger charge is -2.46. The van der Waals surface area contributed by atoms with Gasteiger partial charge in [-0.1, -0.05) is 6.92 Å². The number of fused-ring (bicyclic) bond motifs is 1. The Bertz CT molecular complexity index is 1070. The second kappa shape index (κ2) is 8.68. The van der Waals surface area contributed by atoms with Crippen molar-refractivity contribution in [1.82, 2.24) is 10.3 Å². The molecule has 2 aliphatic heterocycles. The van der Waals surface area contributed by atoms with Crippen LogP contribution in [0.4, 0.5) is 17.2 Å². The molecule has 1 saturated carbocycles. The number of carbonyl (C=O) groups is 1. The van der Waals surface area contributed by atoms with Crippen molar-refractivity contribution in [3.05, 3.63) is 47.7 Å². The summed E-state index contributed by atoms with van der Waals surface area (Å²) < 4.78 is 0. The van der Waals surface area contributed by atoms with E-state index in [9.17, 15) is 4.79 Å². The Morgan fingerprint density at radius 2 is 2.06 bits per heavy atom. The van der Waals surface area contributed by atoms with Gasteiger partial charge in [0.25, 0.3) is 0 Å². The molecule has 7 heteroatoms. The van der Waals surface area contributed by atoms with E-state index in [0.29, 0.717) is 17.5 Å². The quantitative estimate of drug-likeness (QED) is 0.748. The van der Waals surface area contributed by atoms with Crippen molar-refractivity contribution in [3.8, 4) is 6.07 Å². The molecule has 1 aromatic carbocycles. The highest BCUT2D eigenvalue weighted by molar-refractivity contribution is 5.94. The molecule has 33 heavy (non-hydrogen) atoms. The summed E-state index contributed by atoms with van der Waals surface area (Å²) in [4.78, 5) is 21.8. The lowest BCUT2D eigenvalue weighted by molar-refractivity contribution is -0.117. The van der Waals surface area contributed by atoms with Crippen molar-refractivity contribution < 1.29 is 4.79 Å². The minimum absolute atomic E-state index is 0.0296. The molecule has 4 atom stereocenters. The number of pyridine rings is 1. The number of piperazine rings is 1. The monoisotopic (exact) mass is 444 g/mol. The zero-order chi connectivity index (χ0) is 23.1. The number of hydrogen-bond donors (Lipinski definition) is 2. The maximum absolute atomic E-state index is 12.9. The maximum Gasteiger partial charge on any atom is 0.224 e. The van der Waals surface area contributed by atoms with E-state index in [0.717, 1.165) is 36.7 Å². The van der Waals surface area contributed by atoms with Crippen molar-refractivity contribution in [2.45, 2.75) is 51.7 Å². The summed E-state index contributed by atoms with van der Waals surface area (Å²) in [6, 6.07) is 13.0. The van der Waals surface area contributed by atoms with Crippen LogP contribution in [-0.2, 0) is 4.79 Å². The Hall–Kier alpha value is -3.11. The molecule has 1 amide bonds. The van der Waals surface area contributed by atoms with E-state index in [4.69, 9.17) is 5.26 Å². The summed E-state index contributed by atoms with van der Waals surface area (Å²) in [5.74, 6) is 1.63. The van der Waals surface area contributed by atoms with Gasteiger partial charge in [-0.15, -0.1) is 0 Å². The van der Waals surface area contributed by atoms with Crippen LogP contribution in [0.25, 0.3) is 0 Å². The number of anilines is 3. The number of nitriles is 1. The van der Waals surface area contributed by atoms with E-state index < -0.39 is 0 Å². The highest BCUT2D eigenvalue weighted by Crippen LogP contribution is 2.50. The van der Waals surface area contributed by atoms with Crippen molar-refractivity contribution >= 4 is 23.1 Å². The molecular formula is C26H32N6O. The van der Waals surface area contributed by atoms with Gasteiger partial charge in [-0.2, -0.15) is 5.26 Å². The topological polar surface area (TPSA) is 84.3 Å². The second-order valence-electron chi connectivity index (χ2n) is 9.79. The average Bonchev–Trinajstić information content (AvgIpc) is 3.65. The molecule has 3 heterocycles. The third kappa shape index (κ3) is 4.16. The van der Waals surface area contributed by atoms with Crippen LogP contribution < -0.4 is 20.4 Å². The molecule has 0 spiro atoms. The number of rotatable bonds is 4. The Kier molecular flexibility index (Phi) is 5.71. The van der Waals surface area contributed by atoms with Crippen LogP contribution in [0.5, 0.6) is 0 Å². The fourth-order valence-electron chi connectivity index (χ4n) is 5.62. The van der Waals surface area contributed by atoms with E-state index >= 15 is 0 Å². The van der Waals surface area contributed by atoms with Gasteiger partial charge in [0.15, 0.2) is 0 Å². The first kappa shape index (κ1) is 21.7. The summed E-state index contributed by atoms with van der Waals surface area (Å²) >= 11 is 0. The summed E-state index contributed by atoms with van der Waals surface area (Å²) in [7, 11) is 0. The van der Waals surface area contributed by atoms with Crippen LogP contribution in [0.1, 0.15) is 50.8 Å². The summed E-state index contributed by atoms with van der Waals surface area (Å²) in [5, 5.41) is 16.3. The molecule has 3 aliphatic rings. The number of carbonyl (C=O) groups excluding carboxylic acids is 1. The van der Waals surface area contributed by atoms with Crippen LogP contribution in [0.2, 0.25) is 0 Å². The molecule has 2 fully saturated rings. The van der Waals surface area contributed by atoms with Crippen molar-refractivity contribution in [3.63, 3.8) is 0 Å². The Morgan fingerprint density at radius 1 is 1.24 bits per heavy atom. The highest BCUT2D eigenvalue weighted by Gasteiger charge is 2.47. The molecule has 5 rings (SSSR count). The highest BCUT2D eigenvalue weighted by atomic mass is 16.2. The van der Waals surface area contributed by atoms with Gasteiger partial charge in [0, 0.05) is 67.7 Å². The molecule has 2 N–H and O–H groups in total. The molecule has 0 bridgehead atoms. The minimum atomic E-state index is 0.0296. The van der Waals surface area contributed by atoms with E-state index in [1.165, 1.54) is 18.5 Å². The van der Waals surface area contributed by atoms with Crippen molar-refractivity contribution in [1.29, 1.82) is 5.26 Å². The van der Waals surface area contributed by atoms with Crippen LogP contribution in [-0.4, -0.2) is 42.6 Å². The van der Waals surface area contributed by atoms with Crippen molar-refractivity contribution in [2.24, 2.45) is 11.8 Å². The molecule has 1 aromatic heterocycles. The van der Waals surface area contributed by atoms with Gasteiger partial charge >= 0.3 is 0 Å². The van der Waals surface area contributed by atoms with E-state index in [2.05, 4.69) is 58.6 Å². The zero-order valence-electron chi connectivity index (χ0n) is 19.6. The van der Waals surface area contributed by atoms with Gasteiger partial charge in [0.2, 0.25) is 5.91 Å². The number of nitrogens with one attached hydrogen (secondary N) is 2. The van der Waals surface area contributed by atoms with Gasteiger partial charge in [-0.25, -0.2) is 4.98 Å². The van der Waals surface area contributed by atoms with Crippen LogP contribution >= 0.6 is 0 Å². The zero-order valence-corrected chi connectivity index (χ0v) is 19.6. The molecule has 1 saturated heterocycles. The average molecular weight is 445 g/mol. The number of hydrogen-bond acceptors (Lipinski definition) is 6. The molecule has 172 valence electrons. The first-order valence-corrected chi connectivity index (χ1v) is 12.0. The molecule has 2 unspecified atom stereocenters. The predicted molar refractivity (Wildman–Crippen MR) is 130 cm³/mol. The number of aromatic nitrogens is 1. The fourth-order valence-corrected chi connectivity index (χ4v) is 5.62. The van der Waals surface area contributed by atoms with Crippen molar-refractivity contribution in [2.75, 3.05) is 34.8 Å². The first-order valence-electron chi connectivity index (χ1n) is 12.0. The Morgan fingerprint density at radius 3 is 2.70 bits per heavy atom. The van der Waals surface area contributed by atoms with E-state index in [1.807, 2.05) is 11.0 Å². The Balaban J connectivity index is 1.56. The lowest BCUT2D eigenvalue weighted by Crippen LogP contribution is -2.51. The molecule has 1 aliphatic carbocycles. The predicted octanol–water partition coefficient (Wildman–Crippen LogP) is 3.69. The molecule has 0 radical (unpaired) electrons. The molecular weight excluding hydrogens is 412 g/mol. The summed E-state index contributed by atoms with van der Waals surface area (Å²) in [6.07, 6.45) is 3.95. The van der Waals surface area contributed by atoms with Gasteiger partial charge < -0.3 is 20.4 Å². The summed E-state index contributed by atoms with van der Waals surface area (Å²) in [6.45, 7) is 9.05. The minimum Gasteiger partial charge on any atom is -0.369 e. The normalized spacial score (nSPS) is 27.0. The number of nitrogens with zero attached hydrogens (tertiary/aromatic N) is 4. The standard InChI is InChI=1S/C26H32N6O/c1-16-15-31(11-10-28-16)21-7-8-23-22(12-21)25(30-24-9-4-19(13-27)14-29-24)17(2)26(20-5-6-20)32(23)18(3)33/h4,7-9,12,14,16-17,20,25-26,28H,5-6,10-11,15H2,1-3H3,(H,29,30)/t16-,17+,25?,26?/m0/s1. The summed E-state index contributed by atoms with van der Waals surface area (Å²) in [5.41, 5.74) is 3.90. The third-order valence-electron chi connectivity index (χ3n) is 7.34. The second-order valence-corrected chi connectivity index (χ2v) is 9.79. The lowest BCUT2D eigenvalue weighted by atomic mass is 9.79. The van der Waals surface area contributed by atoms with Crippen LogP contribution in [0.3, 0.4) is 0 Å². The maximum atomic E-state index is 12.9. The SMILES string of the molecule is CC(=O)N1c2ccc(N3CCN[C@@H](C)C3)cc2C(Nc2ccc(C#N)cn2)[C@@H](C)C1C1CC1. The number of benzene rings is 1. The van der Waals surface area contributed by atoms with Gasteiger partial charge in [-0.3, -0.25) is 4.79 Å². The van der Waals surface area contributed by atoms with E-state index in [1.54, 1.807) is 19.2 Å². The first-order chi connectivity index (χ1) is 16.0. The van der Waals surface area contributed by atoms with E-state index in [-0.39, 0.29) is 23.9 Å². The van der Waals surface area contributed by atoms with Crippen LogP contribution in [0.15, 0.2) is 36.5 Å². The fraction of sp³-hybridized carbons (Fsp3) is 0.500. The molecule has 2 aromatic rings. The third-order valence-corrected chi connectivity index (χ3v) is 7.34. The van der Waals surface area contributed by atoms with Gasteiger partial charge in [0.05, 0.1) is 11.6 Å². The van der Waals surface area contributed by atoms with Crippen LogP contribution in [0, 0.1) is 23.2 Å². The number of amides is 1. The smallest absolute Gasteiger partial charge is 0.224 e. The molecule has 7 nitrogen and oxygen atoms in total. The van der Waals surface area contributed by atoms with Gasteiger partial charge in [0.1, 0.15) is 11.9 Å².